The number of ether oxygens (including phenoxy) is 1. The Bertz CT molecular complexity index is 1170. The Morgan fingerprint density at radius 1 is 1.12 bits per heavy atom. The summed E-state index contributed by atoms with van der Waals surface area (Å²) in [5.41, 5.74) is 1.49. The smallest absolute Gasteiger partial charge is 0.235 e. The van der Waals surface area contributed by atoms with Gasteiger partial charge in [0.05, 0.1) is 36.1 Å². The van der Waals surface area contributed by atoms with Crippen molar-refractivity contribution < 1.29 is 23.5 Å². The molecule has 5 rings (SSSR count). The maximum absolute atomic E-state index is 13.9. The summed E-state index contributed by atoms with van der Waals surface area (Å²) in [5.74, 6) is -3.05. The number of ketones is 1. The molecule has 4 atom stereocenters. The number of amides is 2. The van der Waals surface area contributed by atoms with Crippen molar-refractivity contribution in [2.75, 3.05) is 25.2 Å². The van der Waals surface area contributed by atoms with Gasteiger partial charge in [0.25, 0.3) is 0 Å². The van der Waals surface area contributed by atoms with Crippen LogP contribution in [0, 0.1) is 17.7 Å². The number of benzene rings is 2. The van der Waals surface area contributed by atoms with Crippen molar-refractivity contribution in [3.63, 3.8) is 0 Å². The van der Waals surface area contributed by atoms with Crippen molar-refractivity contribution in [1.29, 1.82) is 0 Å². The minimum atomic E-state index is -0.942. The molecule has 0 aromatic heterocycles. The number of Topliss-reactive ketones (excluding diaryl/α,β-unsaturated/α-hetero) is 1. The van der Waals surface area contributed by atoms with E-state index in [2.05, 4.69) is 0 Å². The maximum atomic E-state index is 13.9. The number of likely N-dealkylation sites (tertiary alicyclic amines) is 1. The first kappa shape index (κ1) is 20.8. The summed E-state index contributed by atoms with van der Waals surface area (Å²) < 4.78 is 18.9. The third-order valence-corrected chi connectivity index (χ3v) is 6.82. The Morgan fingerprint density at radius 2 is 1.88 bits per heavy atom. The molecular formula is C24H20ClFN2O4. The number of nitrogens with zero attached hydrogens (tertiary/aromatic N) is 2. The second-order valence-corrected chi connectivity index (χ2v) is 8.53. The van der Waals surface area contributed by atoms with Gasteiger partial charge in [0.1, 0.15) is 11.9 Å². The fourth-order valence-electron chi connectivity index (χ4n) is 5.13. The summed E-state index contributed by atoms with van der Waals surface area (Å²) in [6.45, 7) is 0.346. The average molecular weight is 455 g/mol. The number of hydrogen-bond acceptors (Lipinski definition) is 5. The quantitative estimate of drug-likeness (QED) is 0.512. The lowest BCUT2D eigenvalue weighted by molar-refractivity contribution is -0.141. The molecule has 2 aromatic rings. The normalized spacial score (nSPS) is 25.7. The van der Waals surface area contributed by atoms with Crippen LogP contribution in [0.3, 0.4) is 0 Å². The first-order chi connectivity index (χ1) is 15.4. The van der Waals surface area contributed by atoms with E-state index in [1.165, 1.54) is 24.1 Å². The van der Waals surface area contributed by atoms with Crippen LogP contribution in [-0.4, -0.2) is 54.8 Å². The van der Waals surface area contributed by atoms with E-state index < -0.39 is 35.6 Å². The van der Waals surface area contributed by atoms with E-state index in [-0.39, 0.29) is 35.4 Å². The van der Waals surface area contributed by atoms with Crippen LogP contribution in [0.1, 0.15) is 15.9 Å². The molecule has 2 saturated heterocycles. The molecule has 164 valence electrons. The van der Waals surface area contributed by atoms with Gasteiger partial charge in [0.2, 0.25) is 11.8 Å². The molecule has 0 saturated carbocycles. The van der Waals surface area contributed by atoms with Gasteiger partial charge in [-0.05, 0) is 30.3 Å². The van der Waals surface area contributed by atoms with E-state index in [1.807, 2.05) is 0 Å². The van der Waals surface area contributed by atoms with Gasteiger partial charge in [-0.2, -0.15) is 0 Å². The zero-order valence-electron chi connectivity index (χ0n) is 17.2. The molecule has 3 aliphatic rings. The van der Waals surface area contributed by atoms with Gasteiger partial charge in [0.15, 0.2) is 5.78 Å². The standard InChI is InChI=1S/C24H20ClFN2O4/c1-32-11-10-27-23(30)19-18-8-6-13-12-14(26)7-9-17(13)28(18)21(20(19)24(27)31)22(29)15-4-2-3-5-16(15)25/h2-9,12,18-21H,10-11H2,1H3/t18-,19-,20+,21-/m1/s1. The number of rotatable bonds is 5. The van der Waals surface area contributed by atoms with Crippen LogP contribution in [-0.2, 0) is 14.3 Å². The summed E-state index contributed by atoms with van der Waals surface area (Å²) in [4.78, 5) is 43.5. The van der Waals surface area contributed by atoms with Crippen molar-refractivity contribution in [3.05, 3.63) is 70.5 Å². The van der Waals surface area contributed by atoms with Crippen LogP contribution in [0.5, 0.6) is 0 Å². The van der Waals surface area contributed by atoms with Gasteiger partial charge < -0.3 is 9.64 Å². The number of hydrogen-bond donors (Lipinski definition) is 0. The predicted octanol–water partition coefficient (Wildman–Crippen LogP) is 3.19. The number of halogens is 2. The lowest BCUT2D eigenvalue weighted by Gasteiger charge is -2.36. The molecule has 32 heavy (non-hydrogen) atoms. The van der Waals surface area contributed by atoms with Crippen molar-refractivity contribution in [2.24, 2.45) is 11.8 Å². The Morgan fingerprint density at radius 3 is 2.62 bits per heavy atom. The van der Waals surface area contributed by atoms with Crippen LogP contribution < -0.4 is 4.90 Å². The lowest BCUT2D eigenvalue weighted by atomic mass is 9.86. The highest BCUT2D eigenvalue weighted by Gasteiger charge is 2.63. The van der Waals surface area contributed by atoms with Crippen molar-refractivity contribution in [2.45, 2.75) is 12.1 Å². The second-order valence-electron chi connectivity index (χ2n) is 8.12. The highest BCUT2D eigenvalue weighted by molar-refractivity contribution is 6.34. The zero-order chi connectivity index (χ0) is 22.6. The first-order valence-corrected chi connectivity index (χ1v) is 10.7. The number of anilines is 1. The molecule has 2 aromatic carbocycles. The summed E-state index contributed by atoms with van der Waals surface area (Å²) in [7, 11) is 1.50. The second kappa shape index (κ2) is 7.83. The fraction of sp³-hybridized carbons (Fsp3) is 0.292. The number of methoxy groups -OCH3 is 1. The maximum Gasteiger partial charge on any atom is 0.235 e. The van der Waals surface area contributed by atoms with Crippen molar-refractivity contribution >= 4 is 41.0 Å². The Kier molecular flexibility index (Phi) is 5.10. The molecule has 3 aliphatic heterocycles. The van der Waals surface area contributed by atoms with Gasteiger partial charge >= 0.3 is 0 Å². The summed E-state index contributed by atoms with van der Waals surface area (Å²) in [5, 5.41) is 0.275. The molecule has 0 aliphatic carbocycles. The molecule has 0 radical (unpaired) electrons. The SMILES string of the molecule is COCCN1C(=O)[C@H]2[C@H](C1=O)[C@H](C(=O)c1ccccc1Cl)N1c3ccc(F)cc3C=C[C@H]21. The van der Waals surface area contributed by atoms with Crippen LogP contribution in [0.15, 0.2) is 48.5 Å². The summed E-state index contributed by atoms with van der Waals surface area (Å²) in [6, 6.07) is 9.49. The molecule has 0 spiro atoms. The van der Waals surface area contributed by atoms with Gasteiger partial charge in [-0.15, -0.1) is 0 Å². The fourth-order valence-corrected chi connectivity index (χ4v) is 5.36. The largest absolute Gasteiger partial charge is 0.383 e. The third kappa shape index (κ3) is 2.99. The van der Waals surface area contributed by atoms with Gasteiger partial charge in [0, 0.05) is 23.9 Å². The first-order valence-electron chi connectivity index (χ1n) is 10.3. The minimum absolute atomic E-state index is 0.131. The molecule has 0 bridgehead atoms. The van der Waals surface area contributed by atoms with E-state index in [0.29, 0.717) is 11.3 Å². The van der Waals surface area contributed by atoms with Gasteiger partial charge in [-0.3, -0.25) is 19.3 Å². The van der Waals surface area contributed by atoms with Crippen LogP contribution in [0.4, 0.5) is 10.1 Å². The van der Waals surface area contributed by atoms with Crippen LogP contribution in [0.2, 0.25) is 5.02 Å². The molecule has 2 amide bonds. The van der Waals surface area contributed by atoms with E-state index in [1.54, 1.807) is 47.4 Å². The van der Waals surface area contributed by atoms with Crippen LogP contribution in [0.25, 0.3) is 6.08 Å². The molecule has 2 fully saturated rings. The highest BCUT2D eigenvalue weighted by atomic mass is 35.5. The molecular weight excluding hydrogens is 435 g/mol. The Labute approximate surface area is 189 Å². The average Bonchev–Trinajstić information content (AvgIpc) is 3.25. The topological polar surface area (TPSA) is 66.9 Å². The lowest BCUT2D eigenvalue weighted by Crippen LogP contribution is -2.49. The Hall–Kier alpha value is -3.03. The third-order valence-electron chi connectivity index (χ3n) is 6.49. The summed E-state index contributed by atoms with van der Waals surface area (Å²) >= 11 is 6.32. The summed E-state index contributed by atoms with van der Waals surface area (Å²) in [6.07, 6.45) is 3.53. The van der Waals surface area contributed by atoms with E-state index >= 15 is 0 Å². The molecule has 6 nitrogen and oxygen atoms in total. The van der Waals surface area contributed by atoms with E-state index in [4.69, 9.17) is 16.3 Å². The number of carbonyl (C=O) groups is 3. The van der Waals surface area contributed by atoms with Gasteiger partial charge in [-0.1, -0.05) is 35.9 Å². The molecule has 0 N–H and O–H groups in total. The number of fused-ring (bicyclic) bond motifs is 5. The highest BCUT2D eigenvalue weighted by Crippen LogP contribution is 2.49. The Balaban J connectivity index is 1.64. The predicted molar refractivity (Wildman–Crippen MR) is 117 cm³/mol. The number of imide groups is 1. The monoisotopic (exact) mass is 454 g/mol. The molecule has 8 heteroatoms. The van der Waals surface area contributed by atoms with E-state index in [9.17, 15) is 18.8 Å². The van der Waals surface area contributed by atoms with Crippen LogP contribution >= 0.6 is 11.6 Å². The van der Waals surface area contributed by atoms with Crippen molar-refractivity contribution in [3.8, 4) is 0 Å². The molecule has 0 unspecified atom stereocenters. The zero-order valence-corrected chi connectivity index (χ0v) is 18.0. The van der Waals surface area contributed by atoms with Crippen molar-refractivity contribution in [1.82, 2.24) is 4.90 Å². The molecule has 3 heterocycles. The minimum Gasteiger partial charge on any atom is -0.383 e. The van der Waals surface area contributed by atoms with E-state index in [0.717, 1.165) is 0 Å². The number of carbonyl (C=O) groups excluding carboxylic acids is 3. The van der Waals surface area contributed by atoms with Gasteiger partial charge in [-0.25, -0.2) is 4.39 Å².